The van der Waals surface area contributed by atoms with Gasteiger partial charge in [-0.3, -0.25) is 9.59 Å². The van der Waals surface area contributed by atoms with Gasteiger partial charge in [-0.15, -0.1) is 0 Å². The number of hydrogen-bond donors (Lipinski definition) is 2. The van der Waals surface area contributed by atoms with E-state index in [4.69, 9.17) is 4.74 Å². The molecule has 5 nitrogen and oxygen atoms in total. The Bertz CT molecular complexity index is 1030. The van der Waals surface area contributed by atoms with Crippen molar-refractivity contribution in [3.63, 3.8) is 0 Å². The first-order chi connectivity index (χ1) is 13.1. The number of carbonyl (C=O) groups is 2. The quantitative estimate of drug-likeness (QED) is 0.740. The van der Waals surface area contributed by atoms with Gasteiger partial charge in [0.15, 0.2) is 0 Å². The van der Waals surface area contributed by atoms with Crippen LogP contribution in [0.25, 0.3) is 10.8 Å². The van der Waals surface area contributed by atoms with Gasteiger partial charge in [0.1, 0.15) is 5.75 Å². The minimum Gasteiger partial charge on any atom is -0.493 e. The minimum atomic E-state index is -0.216. The molecule has 1 atom stereocenters. The summed E-state index contributed by atoms with van der Waals surface area (Å²) >= 11 is 0. The molecule has 0 bridgehead atoms. The lowest BCUT2D eigenvalue weighted by Crippen LogP contribution is -2.32. The van der Waals surface area contributed by atoms with Crippen LogP contribution in [0.3, 0.4) is 0 Å². The monoisotopic (exact) mass is 360 g/mol. The lowest BCUT2D eigenvalue weighted by atomic mass is 9.99. The SMILES string of the molecule is CC(=O)Nc1cc2ccccc2cc1C(=O)NC1CCOc2ccccc21. The molecule has 0 radical (unpaired) electrons. The second-order valence-electron chi connectivity index (χ2n) is 6.63. The van der Waals surface area contributed by atoms with E-state index in [-0.39, 0.29) is 17.9 Å². The van der Waals surface area contributed by atoms with Crippen LogP contribution >= 0.6 is 0 Å². The number of nitrogens with one attached hydrogen (secondary N) is 2. The van der Waals surface area contributed by atoms with Gasteiger partial charge in [0.25, 0.3) is 5.91 Å². The van der Waals surface area contributed by atoms with Crippen LogP contribution < -0.4 is 15.4 Å². The number of rotatable bonds is 3. The van der Waals surface area contributed by atoms with Crippen LogP contribution in [-0.2, 0) is 4.79 Å². The number of ether oxygens (including phenoxy) is 1. The van der Waals surface area contributed by atoms with Crippen LogP contribution in [0.2, 0.25) is 0 Å². The van der Waals surface area contributed by atoms with Gasteiger partial charge in [0, 0.05) is 18.9 Å². The van der Waals surface area contributed by atoms with E-state index >= 15 is 0 Å². The van der Waals surface area contributed by atoms with Gasteiger partial charge in [-0.1, -0.05) is 42.5 Å². The standard InChI is InChI=1S/C22H20N2O3/c1-14(25)23-20-13-16-7-3-2-6-15(16)12-18(20)22(26)24-19-10-11-27-21-9-5-4-8-17(19)21/h2-9,12-13,19H,10-11H2,1H3,(H,23,25)(H,24,26). The largest absolute Gasteiger partial charge is 0.493 e. The molecule has 2 N–H and O–H groups in total. The van der Waals surface area contributed by atoms with Gasteiger partial charge in [0.2, 0.25) is 5.91 Å². The van der Waals surface area contributed by atoms with E-state index in [1.165, 1.54) is 6.92 Å². The van der Waals surface area contributed by atoms with Crippen molar-refractivity contribution >= 4 is 28.3 Å². The molecule has 0 aliphatic carbocycles. The number of para-hydroxylation sites is 1. The zero-order valence-electron chi connectivity index (χ0n) is 15.0. The average molecular weight is 360 g/mol. The van der Waals surface area contributed by atoms with Gasteiger partial charge in [-0.05, 0) is 29.0 Å². The van der Waals surface area contributed by atoms with Crippen molar-refractivity contribution in [2.75, 3.05) is 11.9 Å². The van der Waals surface area contributed by atoms with E-state index < -0.39 is 0 Å². The summed E-state index contributed by atoms with van der Waals surface area (Å²) in [6.07, 6.45) is 0.700. The van der Waals surface area contributed by atoms with Crippen LogP contribution in [0.4, 0.5) is 5.69 Å². The zero-order valence-corrected chi connectivity index (χ0v) is 15.0. The first-order valence-corrected chi connectivity index (χ1v) is 8.95. The topological polar surface area (TPSA) is 67.4 Å². The van der Waals surface area contributed by atoms with Crippen molar-refractivity contribution in [2.24, 2.45) is 0 Å². The van der Waals surface area contributed by atoms with Crippen LogP contribution in [-0.4, -0.2) is 18.4 Å². The lowest BCUT2D eigenvalue weighted by molar-refractivity contribution is -0.114. The Kier molecular flexibility index (Phi) is 4.50. The van der Waals surface area contributed by atoms with Crippen LogP contribution in [0.1, 0.15) is 35.3 Å². The fourth-order valence-corrected chi connectivity index (χ4v) is 3.45. The Morgan fingerprint density at radius 2 is 1.70 bits per heavy atom. The van der Waals surface area contributed by atoms with Crippen molar-refractivity contribution in [2.45, 2.75) is 19.4 Å². The second kappa shape index (κ2) is 7.11. The fourth-order valence-electron chi connectivity index (χ4n) is 3.45. The first kappa shape index (κ1) is 17.1. The Morgan fingerprint density at radius 3 is 2.48 bits per heavy atom. The van der Waals surface area contributed by atoms with Crippen LogP contribution in [0.5, 0.6) is 5.75 Å². The predicted molar refractivity (Wildman–Crippen MR) is 105 cm³/mol. The maximum atomic E-state index is 13.1. The summed E-state index contributed by atoms with van der Waals surface area (Å²) in [5.41, 5.74) is 1.94. The van der Waals surface area contributed by atoms with Crippen LogP contribution in [0, 0.1) is 0 Å². The third kappa shape index (κ3) is 3.49. The van der Waals surface area contributed by atoms with Gasteiger partial charge >= 0.3 is 0 Å². The summed E-state index contributed by atoms with van der Waals surface area (Å²) in [7, 11) is 0. The number of carbonyl (C=O) groups excluding carboxylic acids is 2. The summed E-state index contributed by atoms with van der Waals surface area (Å²) in [5.74, 6) is 0.372. The minimum absolute atomic E-state index is 0.126. The van der Waals surface area contributed by atoms with E-state index in [2.05, 4.69) is 10.6 Å². The molecular formula is C22H20N2O3. The second-order valence-corrected chi connectivity index (χ2v) is 6.63. The molecule has 0 fully saturated rings. The van der Waals surface area contributed by atoms with E-state index in [0.717, 1.165) is 22.1 Å². The lowest BCUT2D eigenvalue weighted by Gasteiger charge is -2.27. The first-order valence-electron chi connectivity index (χ1n) is 8.95. The maximum Gasteiger partial charge on any atom is 0.253 e. The molecule has 0 saturated carbocycles. The van der Waals surface area contributed by atoms with Crippen molar-refractivity contribution in [1.29, 1.82) is 0 Å². The predicted octanol–water partition coefficient (Wildman–Crippen LogP) is 4.05. The molecule has 2 amide bonds. The molecule has 0 saturated heterocycles. The number of amides is 2. The third-order valence-corrected chi connectivity index (χ3v) is 4.71. The van der Waals surface area contributed by atoms with Gasteiger partial charge in [0.05, 0.1) is 23.9 Å². The molecule has 3 aromatic carbocycles. The molecule has 27 heavy (non-hydrogen) atoms. The Balaban J connectivity index is 1.69. The number of fused-ring (bicyclic) bond motifs is 2. The van der Waals surface area contributed by atoms with E-state index in [9.17, 15) is 9.59 Å². The molecule has 1 heterocycles. The van der Waals surface area contributed by atoms with Gasteiger partial charge in [-0.25, -0.2) is 0 Å². The highest BCUT2D eigenvalue weighted by atomic mass is 16.5. The molecular weight excluding hydrogens is 340 g/mol. The van der Waals surface area contributed by atoms with Crippen LogP contribution in [0.15, 0.2) is 60.7 Å². The average Bonchev–Trinajstić information content (AvgIpc) is 2.67. The van der Waals surface area contributed by atoms with Crippen molar-refractivity contribution in [3.8, 4) is 5.75 Å². The van der Waals surface area contributed by atoms with Crippen molar-refractivity contribution in [3.05, 3.63) is 71.8 Å². The maximum absolute atomic E-state index is 13.1. The van der Waals surface area contributed by atoms with Crippen molar-refractivity contribution < 1.29 is 14.3 Å². The molecule has 0 spiro atoms. The highest BCUT2D eigenvalue weighted by molar-refractivity contribution is 6.07. The summed E-state index contributed by atoms with van der Waals surface area (Å²) in [4.78, 5) is 24.7. The summed E-state index contributed by atoms with van der Waals surface area (Å²) in [6.45, 7) is 1.99. The van der Waals surface area contributed by atoms with Crippen molar-refractivity contribution in [1.82, 2.24) is 5.32 Å². The Labute approximate surface area is 157 Å². The summed E-state index contributed by atoms with van der Waals surface area (Å²) in [6, 6.07) is 19.0. The molecule has 4 rings (SSSR count). The number of benzene rings is 3. The molecule has 136 valence electrons. The Morgan fingerprint density at radius 1 is 1.00 bits per heavy atom. The van der Waals surface area contributed by atoms with Gasteiger partial charge < -0.3 is 15.4 Å². The number of anilines is 1. The number of hydrogen-bond acceptors (Lipinski definition) is 3. The summed E-state index contributed by atoms with van der Waals surface area (Å²) < 4.78 is 5.67. The highest BCUT2D eigenvalue weighted by Gasteiger charge is 2.24. The molecule has 3 aromatic rings. The van der Waals surface area contributed by atoms with E-state index in [1.807, 2.05) is 60.7 Å². The normalized spacial score (nSPS) is 15.5. The third-order valence-electron chi connectivity index (χ3n) is 4.71. The molecule has 5 heteroatoms. The van der Waals surface area contributed by atoms with E-state index in [0.29, 0.717) is 24.3 Å². The van der Waals surface area contributed by atoms with Gasteiger partial charge in [-0.2, -0.15) is 0 Å². The van der Waals surface area contributed by atoms with E-state index in [1.54, 1.807) is 0 Å². The summed E-state index contributed by atoms with van der Waals surface area (Å²) in [5, 5.41) is 7.79. The molecule has 1 aliphatic heterocycles. The highest BCUT2D eigenvalue weighted by Crippen LogP contribution is 2.32. The Hall–Kier alpha value is -3.34. The fraction of sp³-hybridized carbons (Fsp3) is 0.182. The molecule has 1 aliphatic rings. The zero-order chi connectivity index (χ0) is 18.8. The molecule has 0 aromatic heterocycles. The smallest absolute Gasteiger partial charge is 0.253 e. The molecule has 1 unspecified atom stereocenters.